The second-order valence-corrected chi connectivity index (χ2v) is 4.53. The van der Waals surface area contributed by atoms with Gasteiger partial charge < -0.3 is 9.47 Å². The summed E-state index contributed by atoms with van der Waals surface area (Å²) in [5.41, 5.74) is 0.951. The fourth-order valence-corrected chi connectivity index (χ4v) is 2.06. The Hall–Kier alpha value is -1.66. The highest BCUT2D eigenvalue weighted by Crippen LogP contribution is 2.21. The van der Waals surface area contributed by atoms with Crippen molar-refractivity contribution in [3.63, 3.8) is 0 Å². The highest BCUT2D eigenvalue weighted by Gasteiger charge is 2.34. The van der Waals surface area contributed by atoms with E-state index in [1.165, 1.54) is 4.90 Å². The maximum absolute atomic E-state index is 12.0. The van der Waals surface area contributed by atoms with Crippen LogP contribution in [0.25, 0.3) is 0 Å². The number of imide groups is 1. The molecule has 1 aliphatic rings. The third kappa shape index (κ3) is 3.26. The van der Waals surface area contributed by atoms with E-state index >= 15 is 0 Å². The Labute approximate surface area is 119 Å². The van der Waals surface area contributed by atoms with Crippen molar-refractivity contribution < 1.29 is 19.1 Å². The molecule has 0 spiro atoms. The van der Waals surface area contributed by atoms with Gasteiger partial charge in [-0.2, -0.15) is 0 Å². The Kier molecular flexibility index (Phi) is 5.32. The number of carbonyl (C=O) groups excluding carboxylic acids is 2. The number of carbonyl (C=O) groups is 2. The van der Waals surface area contributed by atoms with Crippen LogP contribution in [0.3, 0.4) is 0 Å². The number of benzene rings is 1. The standard InChI is InChI=1S/C14H18BNO4/c15-5-7-19-9-10-20-8-6-16-13(17)11-3-1-2-4-12(11)14(16)18/h1-4H,5-10,15H2. The highest BCUT2D eigenvalue weighted by atomic mass is 16.5. The molecule has 0 aromatic heterocycles. The van der Waals surface area contributed by atoms with Crippen molar-refractivity contribution in [2.75, 3.05) is 33.0 Å². The zero-order valence-electron chi connectivity index (χ0n) is 11.6. The van der Waals surface area contributed by atoms with Gasteiger partial charge in [-0.05, 0) is 12.1 Å². The first-order valence-corrected chi connectivity index (χ1v) is 6.86. The first-order chi connectivity index (χ1) is 9.75. The zero-order chi connectivity index (χ0) is 14.4. The Morgan fingerprint density at radius 2 is 1.45 bits per heavy atom. The zero-order valence-corrected chi connectivity index (χ0v) is 11.6. The molecule has 0 aliphatic carbocycles. The van der Waals surface area contributed by atoms with Crippen molar-refractivity contribution in [1.29, 1.82) is 0 Å². The summed E-state index contributed by atoms with van der Waals surface area (Å²) in [4.78, 5) is 25.3. The number of ether oxygens (including phenoxy) is 2. The number of hydrogen-bond acceptors (Lipinski definition) is 4. The second kappa shape index (κ2) is 7.21. The lowest BCUT2D eigenvalue weighted by molar-refractivity contribution is 0.0384. The fraction of sp³-hybridized carbons (Fsp3) is 0.429. The number of amides is 2. The van der Waals surface area contributed by atoms with Crippen LogP contribution in [0.4, 0.5) is 0 Å². The molecule has 2 amide bonds. The van der Waals surface area contributed by atoms with Gasteiger partial charge >= 0.3 is 0 Å². The third-order valence-corrected chi connectivity index (χ3v) is 3.06. The van der Waals surface area contributed by atoms with Gasteiger partial charge in [0.05, 0.1) is 37.5 Å². The Balaban J connectivity index is 1.75. The summed E-state index contributed by atoms with van der Waals surface area (Å²) < 4.78 is 10.6. The molecule has 0 unspecified atom stereocenters. The van der Waals surface area contributed by atoms with Crippen molar-refractivity contribution >= 4 is 19.7 Å². The van der Waals surface area contributed by atoms with E-state index in [0.29, 0.717) is 30.9 Å². The number of fused-ring (bicyclic) bond motifs is 1. The van der Waals surface area contributed by atoms with E-state index in [1.807, 2.05) is 7.85 Å². The van der Waals surface area contributed by atoms with Crippen LogP contribution in [-0.4, -0.2) is 57.5 Å². The molecule has 106 valence electrons. The largest absolute Gasteiger partial charge is 0.380 e. The van der Waals surface area contributed by atoms with E-state index < -0.39 is 0 Å². The molecule has 1 aromatic rings. The van der Waals surface area contributed by atoms with Gasteiger partial charge in [-0.3, -0.25) is 14.5 Å². The second-order valence-electron chi connectivity index (χ2n) is 4.53. The molecule has 6 heteroatoms. The van der Waals surface area contributed by atoms with Gasteiger partial charge in [0.2, 0.25) is 0 Å². The molecule has 0 saturated heterocycles. The SMILES string of the molecule is BCCOCCOCCN1C(=O)c2ccccc2C1=O. The normalized spacial score (nSPS) is 13.9. The Morgan fingerprint density at radius 3 is 2.00 bits per heavy atom. The number of nitrogens with zero attached hydrogens (tertiary/aromatic N) is 1. The van der Waals surface area contributed by atoms with Gasteiger partial charge in [0.25, 0.3) is 11.8 Å². The Morgan fingerprint density at radius 1 is 0.900 bits per heavy atom. The average Bonchev–Trinajstić information content (AvgIpc) is 2.71. The van der Waals surface area contributed by atoms with Crippen LogP contribution in [0, 0.1) is 0 Å². The van der Waals surface area contributed by atoms with Crippen molar-refractivity contribution in [2.24, 2.45) is 0 Å². The predicted octanol–water partition coefficient (Wildman–Crippen LogP) is 0.367. The van der Waals surface area contributed by atoms with Gasteiger partial charge in [0.15, 0.2) is 0 Å². The summed E-state index contributed by atoms with van der Waals surface area (Å²) in [6, 6.07) is 6.87. The minimum atomic E-state index is -0.239. The van der Waals surface area contributed by atoms with Gasteiger partial charge in [-0.1, -0.05) is 18.5 Å². The smallest absolute Gasteiger partial charge is 0.261 e. The minimum absolute atomic E-state index is 0.239. The summed E-state index contributed by atoms with van der Waals surface area (Å²) in [6.07, 6.45) is 0.981. The van der Waals surface area contributed by atoms with Crippen molar-refractivity contribution in [3.8, 4) is 0 Å². The van der Waals surface area contributed by atoms with Crippen molar-refractivity contribution in [1.82, 2.24) is 4.90 Å². The topological polar surface area (TPSA) is 55.8 Å². The molecule has 0 saturated carbocycles. The molecular formula is C14H18BNO4. The highest BCUT2D eigenvalue weighted by molar-refractivity contribution is 6.21. The third-order valence-electron chi connectivity index (χ3n) is 3.06. The van der Waals surface area contributed by atoms with E-state index in [-0.39, 0.29) is 18.4 Å². The van der Waals surface area contributed by atoms with Gasteiger partial charge in [-0.15, -0.1) is 0 Å². The number of hydrogen-bond donors (Lipinski definition) is 0. The van der Waals surface area contributed by atoms with E-state index in [1.54, 1.807) is 24.3 Å². The molecule has 0 atom stereocenters. The van der Waals surface area contributed by atoms with E-state index in [2.05, 4.69) is 0 Å². The number of rotatable bonds is 8. The molecule has 1 heterocycles. The van der Waals surface area contributed by atoms with E-state index in [9.17, 15) is 9.59 Å². The summed E-state index contributed by atoms with van der Waals surface area (Å²) in [7, 11) is 2.04. The fourth-order valence-electron chi connectivity index (χ4n) is 2.06. The van der Waals surface area contributed by atoms with Gasteiger partial charge in [0, 0.05) is 6.61 Å². The molecule has 0 bridgehead atoms. The first-order valence-electron chi connectivity index (χ1n) is 6.86. The van der Waals surface area contributed by atoms with Crippen LogP contribution in [-0.2, 0) is 9.47 Å². The van der Waals surface area contributed by atoms with E-state index in [4.69, 9.17) is 9.47 Å². The Bertz CT molecular complexity index is 457. The minimum Gasteiger partial charge on any atom is -0.380 e. The van der Waals surface area contributed by atoms with Crippen LogP contribution in [0.5, 0.6) is 0 Å². The first kappa shape index (κ1) is 14.7. The quantitative estimate of drug-likeness (QED) is 0.391. The van der Waals surface area contributed by atoms with Crippen LogP contribution >= 0.6 is 0 Å². The molecule has 1 aromatic carbocycles. The van der Waals surface area contributed by atoms with Crippen LogP contribution in [0.2, 0.25) is 6.32 Å². The molecule has 0 N–H and O–H groups in total. The average molecular weight is 275 g/mol. The summed E-state index contributed by atoms with van der Waals surface area (Å²) in [6.45, 7) is 2.35. The summed E-state index contributed by atoms with van der Waals surface area (Å²) >= 11 is 0. The maximum Gasteiger partial charge on any atom is 0.261 e. The molecule has 0 radical (unpaired) electrons. The molecule has 2 rings (SSSR count). The molecule has 0 fully saturated rings. The van der Waals surface area contributed by atoms with Gasteiger partial charge in [0.1, 0.15) is 7.85 Å². The molecule has 1 aliphatic heterocycles. The van der Waals surface area contributed by atoms with Gasteiger partial charge in [-0.25, -0.2) is 0 Å². The lowest BCUT2D eigenvalue weighted by Crippen LogP contribution is -2.33. The van der Waals surface area contributed by atoms with Crippen LogP contribution in [0.15, 0.2) is 24.3 Å². The van der Waals surface area contributed by atoms with Crippen LogP contribution < -0.4 is 0 Å². The molecule has 5 nitrogen and oxygen atoms in total. The lowest BCUT2D eigenvalue weighted by atomic mass is 10.1. The molecular weight excluding hydrogens is 257 g/mol. The summed E-state index contributed by atoms with van der Waals surface area (Å²) in [5, 5.41) is 0. The van der Waals surface area contributed by atoms with Crippen LogP contribution in [0.1, 0.15) is 20.7 Å². The molecule has 20 heavy (non-hydrogen) atoms. The monoisotopic (exact) mass is 275 g/mol. The maximum atomic E-state index is 12.0. The van der Waals surface area contributed by atoms with E-state index in [0.717, 1.165) is 12.9 Å². The predicted molar refractivity (Wildman–Crippen MR) is 76.8 cm³/mol. The lowest BCUT2D eigenvalue weighted by Gasteiger charge is -2.13. The summed E-state index contributed by atoms with van der Waals surface area (Å²) in [5.74, 6) is -0.479. The van der Waals surface area contributed by atoms with Crippen molar-refractivity contribution in [3.05, 3.63) is 35.4 Å². The van der Waals surface area contributed by atoms with Crippen molar-refractivity contribution in [2.45, 2.75) is 6.32 Å².